The van der Waals surface area contributed by atoms with Crippen LogP contribution in [0.25, 0.3) is 10.8 Å². The van der Waals surface area contributed by atoms with Gasteiger partial charge >= 0.3 is 0 Å². The van der Waals surface area contributed by atoms with Gasteiger partial charge in [0.25, 0.3) is 5.91 Å². The molecule has 0 saturated carbocycles. The molecule has 2 aliphatic heterocycles. The van der Waals surface area contributed by atoms with Crippen LogP contribution in [0.2, 0.25) is 0 Å². The number of benzene rings is 2. The summed E-state index contributed by atoms with van der Waals surface area (Å²) in [4.78, 5) is 14.1. The largest absolute Gasteiger partial charge is 0.313 e. The Morgan fingerprint density at radius 2 is 2.04 bits per heavy atom. The summed E-state index contributed by atoms with van der Waals surface area (Å²) in [5, 5.41) is 4.61. The van der Waals surface area contributed by atoms with E-state index in [0.29, 0.717) is 16.3 Å². The van der Waals surface area contributed by atoms with Crippen LogP contribution in [0.5, 0.6) is 0 Å². The van der Waals surface area contributed by atoms with Gasteiger partial charge in [0.1, 0.15) is 0 Å². The third kappa shape index (κ3) is 2.54. The summed E-state index contributed by atoms with van der Waals surface area (Å²) in [5.41, 5.74) is 1.31. The normalized spacial score (nSPS) is 23.4. The quantitative estimate of drug-likeness (QED) is 0.877. The Labute approximate surface area is 147 Å². The fourth-order valence-corrected chi connectivity index (χ4v) is 5.37. The Morgan fingerprint density at radius 1 is 1.24 bits per heavy atom. The number of amides is 1. The number of anilines is 1. The van der Waals surface area contributed by atoms with E-state index in [1.54, 1.807) is 42.3 Å². The van der Waals surface area contributed by atoms with Gasteiger partial charge in [0, 0.05) is 35.5 Å². The van der Waals surface area contributed by atoms with Gasteiger partial charge in [-0.15, -0.1) is 0 Å². The highest BCUT2D eigenvalue weighted by Gasteiger charge is 2.32. The van der Waals surface area contributed by atoms with E-state index in [1.165, 1.54) is 0 Å². The molecule has 0 radical (unpaired) electrons. The summed E-state index contributed by atoms with van der Waals surface area (Å²) in [6, 6.07) is 8.52. The van der Waals surface area contributed by atoms with E-state index in [1.807, 2.05) is 6.92 Å². The van der Waals surface area contributed by atoms with Gasteiger partial charge in [0.2, 0.25) is 10.0 Å². The van der Waals surface area contributed by atoms with Crippen molar-refractivity contribution in [2.24, 2.45) is 0 Å². The first kappa shape index (κ1) is 16.5. The molecule has 2 aromatic rings. The highest BCUT2D eigenvalue weighted by molar-refractivity contribution is 7.89. The van der Waals surface area contributed by atoms with Crippen LogP contribution in [0.4, 0.5) is 5.69 Å². The van der Waals surface area contributed by atoms with Crippen LogP contribution < -0.4 is 14.9 Å². The minimum absolute atomic E-state index is 0.0908. The first-order valence-electron chi connectivity index (χ1n) is 8.49. The number of nitrogens with one attached hydrogen (secondary N) is 2. The lowest BCUT2D eigenvalue weighted by atomic mass is 10.0. The van der Waals surface area contributed by atoms with Gasteiger partial charge in [-0.3, -0.25) is 4.79 Å². The molecule has 7 heteroatoms. The van der Waals surface area contributed by atoms with Crippen LogP contribution in [-0.2, 0) is 10.0 Å². The molecule has 1 fully saturated rings. The zero-order chi connectivity index (χ0) is 17.8. The molecule has 25 heavy (non-hydrogen) atoms. The van der Waals surface area contributed by atoms with Crippen molar-refractivity contribution in [3.8, 4) is 0 Å². The molecule has 1 amide bonds. The van der Waals surface area contributed by atoms with Gasteiger partial charge in [0.15, 0.2) is 0 Å². The average Bonchev–Trinajstić information content (AvgIpc) is 2.84. The van der Waals surface area contributed by atoms with Gasteiger partial charge in [-0.05, 0) is 44.5 Å². The zero-order valence-electron chi connectivity index (χ0n) is 14.2. The molecule has 0 spiro atoms. The fraction of sp³-hybridized carbons (Fsp3) is 0.389. The Morgan fingerprint density at radius 3 is 2.80 bits per heavy atom. The summed E-state index contributed by atoms with van der Waals surface area (Å²) >= 11 is 0. The molecule has 0 bridgehead atoms. The Hall–Kier alpha value is -1.96. The molecule has 2 aliphatic rings. The summed E-state index contributed by atoms with van der Waals surface area (Å²) in [7, 11) is -1.97. The smallest absolute Gasteiger partial charge is 0.258 e. The van der Waals surface area contributed by atoms with Crippen LogP contribution in [0, 0.1) is 0 Å². The number of rotatable bonds is 3. The Kier molecular flexibility index (Phi) is 3.82. The van der Waals surface area contributed by atoms with E-state index >= 15 is 0 Å². The molecule has 2 unspecified atom stereocenters. The molecular weight excluding hydrogens is 338 g/mol. The minimum Gasteiger partial charge on any atom is -0.313 e. The summed E-state index contributed by atoms with van der Waals surface area (Å²) < 4.78 is 28.9. The third-order valence-electron chi connectivity index (χ3n) is 5.23. The van der Waals surface area contributed by atoms with Crippen molar-refractivity contribution in [1.29, 1.82) is 0 Å². The number of carbonyl (C=O) groups excluding carboxylic acids is 1. The lowest BCUT2D eigenvalue weighted by molar-refractivity contribution is 0.0999. The SMILES string of the molecule is CC1NCCCC1NS(=O)(=O)c1ccc2c3c(cccc13)C(=O)N2C. The second-order valence-corrected chi connectivity index (χ2v) is 8.47. The molecule has 132 valence electrons. The van der Waals surface area contributed by atoms with Crippen molar-refractivity contribution in [3.05, 3.63) is 35.9 Å². The van der Waals surface area contributed by atoms with Crippen LogP contribution in [0.3, 0.4) is 0 Å². The first-order valence-corrected chi connectivity index (χ1v) is 9.98. The number of sulfonamides is 1. The van der Waals surface area contributed by atoms with Gasteiger partial charge < -0.3 is 10.2 Å². The number of nitrogens with zero attached hydrogens (tertiary/aromatic N) is 1. The number of piperidine rings is 1. The Balaban J connectivity index is 1.81. The molecule has 6 nitrogen and oxygen atoms in total. The fourth-order valence-electron chi connectivity index (χ4n) is 3.81. The standard InChI is InChI=1S/C18H21N3O3S/c1-11-14(7-4-10-19-11)20-25(23,24)16-9-8-15-17-12(16)5-3-6-13(17)18(22)21(15)2/h3,5-6,8-9,11,14,19-20H,4,7,10H2,1-2H3. The summed E-state index contributed by atoms with van der Waals surface area (Å²) in [6.45, 7) is 2.91. The molecule has 2 atom stereocenters. The topological polar surface area (TPSA) is 78.5 Å². The van der Waals surface area contributed by atoms with Crippen molar-refractivity contribution in [3.63, 3.8) is 0 Å². The lowest BCUT2D eigenvalue weighted by Crippen LogP contribution is -2.51. The monoisotopic (exact) mass is 359 g/mol. The molecule has 2 heterocycles. The Bertz CT molecular complexity index is 971. The van der Waals surface area contributed by atoms with Gasteiger partial charge in [0.05, 0.1) is 10.6 Å². The maximum absolute atomic E-state index is 13.0. The third-order valence-corrected chi connectivity index (χ3v) is 6.78. The molecule has 1 saturated heterocycles. The van der Waals surface area contributed by atoms with E-state index < -0.39 is 10.0 Å². The highest BCUT2D eigenvalue weighted by Crippen LogP contribution is 2.39. The maximum atomic E-state index is 13.0. The minimum atomic E-state index is -3.68. The molecule has 2 aromatic carbocycles. The lowest BCUT2D eigenvalue weighted by Gasteiger charge is -2.30. The van der Waals surface area contributed by atoms with Crippen molar-refractivity contribution in [2.75, 3.05) is 18.5 Å². The van der Waals surface area contributed by atoms with E-state index in [4.69, 9.17) is 0 Å². The number of hydrogen-bond donors (Lipinski definition) is 2. The van der Waals surface area contributed by atoms with Crippen LogP contribution >= 0.6 is 0 Å². The van der Waals surface area contributed by atoms with E-state index in [9.17, 15) is 13.2 Å². The van der Waals surface area contributed by atoms with Gasteiger partial charge in [-0.25, -0.2) is 13.1 Å². The molecule has 0 aromatic heterocycles. The van der Waals surface area contributed by atoms with Crippen LogP contribution in [0.1, 0.15) is 30.1 Å². The molecular formula is C18H21N3O3S. The average molecular weight is 359 g/mol. The van der Waals surface area contributed by atoms with E-state index in [-0.39, 0.29) is 22.9 Å². The van der Waals surface area contributed by atoms with Gasteiger partial charge in [-0.1, -0.05) is 12.1 Å². The van der Waals surface area contributed by atoms with Crippen molar-refractivity contribution < 1.29 is 13.2 Å². The summed E-state index contributed by atoms with van der Waals surface area (Å²) in [6.07, 6.45) is 1.76. The van der Waals surface area contributed by atoms with Crippen LogP contribution in [0.15, 0.2) is 35.2 Å². The second-order valence-electron chi connectivity index (χ2n) is 6.79. The van der Waals surface area contributed by atoms with E-state index in [0.717, 1.165) is 25.1 Å². The molecule has 2 N–H and O–H groups in total. The van der Waals surface area contributed by atoms with Crippen molar-refractivity contribution in [2.45, 2.75) is 36.7 Å². The zero-order valence-corrected chi connectivity index (χ0v) is 15.1. The predicted octanol–water partition coefficient (Wildman–Crippen LogP) is 1.85. The molecule has 0 aliphatic carbocycles. The van der Waals surface area contributed by atoms with Gasteiger partial charge in [-0.2, -0.15) is 0 Å². The summed E-state index contributed by atoms with van der Waals surface area (Å²) in [5.74, 6) is -0.104. The van der Waals surface area contributed by atoms with E-state index in [2.05, 4.69) is 10.0 Å². The van der Waals surface area contributed by atoms with Crippen molar-refractivity contribution >= 4 is 32.4 Å². The van der Waals surface area contributed by atoms with Crippen molar-refractivity contribution in [1.82, 2.24) is 10.0 Å². The molecule has 4 rings (SSSR count). The second kappa shape index (κ2) is 5.79. The highest BCUT2D eigenvalue weighted by atomic mass is 32.2. The number of carbonyl (C=O) groups is 1. The van der Waals surface area contributed by atoms with Crippen LogP contribution in [-0.4, -0.2) is 40.0 Å². The predicted molar refractivity (Wildman–Crippen MR) is 97.5 cm³/mol. The number of hydrogen-bond acceptors (Lipinski definition) is 4. The maximum Gasteiger partial charge on any atom is 0.258 e. The first-order chi connectivity index (χ1) is 11.9.